The first-order valence-electron chi connectivity index (χ1n) is 12.2. The highest BCUT2D eigenvalue weighted by Gasteiger charge is 2.36. The van der Waals surface area contributed by atoms with Gasteiger partial charge in [-0.05, 0) is 49.2 Å². The topological polar surface area (TPSA) is 108 Å². The van der Waals surface area contributed by atoms with Crippen LogP contribution >= 0.6 is 22.9 Å². The number of nitrogens with one attached hydrogen (secondary N) is 1. The number of amides is 1. The summed E-state index contributed by atoms with van der Waals surface area (Å²) in [6.07, 6.45) is 1.23. The quantitative estimate of drug-likeness (QED) is 0.488. The Morgan fingerprint density at radius 3 is 2.79 bits per heavy atom. The number of rotatable bonds is 5. The van der Waals surface area contributed by atoms with Crippen molar-refractivity contribution in [3.63, 3.8) is 0 Å². The molecule has 4 heterocycles. The van der Waals surface area contributed by atoms with Crippen LogP contribution in [-0.4, -0.2) is 29.8 Å². The molecule has 1 aromatic heterocycles. The van der Waals surface area contributed by atoms with E-state index in [1.165, 1.54) is 4.57 Å². The van der Waals surface area contributed by atoms with Crippen molar-refractivity contribution in [2.45, 2.75) is 32.7 Å². The van der Waals surface area contributed by atoms with E-state index in [0.29, 0.717) is 50.3 Å². The van der Waals surface area contributed by atoms with Gasteiger partial charge in [-0.25, -0.2) is 9.79 Å². The second kappa shape index (κ2) is 9.45. The molecule has 1 N–H and O–H groups in total. The Hall–Kier alpha value is -3.89. The molecule has 0 bridgehead atoms. The maximum absolute atomic E-state index is 14.1. The normalized spacial score (nSPS) is 18.6. The first-order valence-corrected chi connectivity index (χ1v) is 13.4. The maximum Gasteiger partial charge on any atom is 0.338 e. The molecule has 3 aliphatic rings. The van der Waals surface area contributed by atoms with E-state index >= 15 is 0 Å². The van der Waals surface area contributed by atoms with Gasteiger partial charge < -0.3 is 19.5 Å². The van der Waals surface area contributed by atoms with E-state index in [-0.39, 0.29) is 29.1 Å². The zero-order valence-corrected chi connectivity index (χ0v) is 22.1. The summed E-state index contributed by atoms with van der Waals surface area (Å²) in [5.41, 5.74) is 2.39. The number of aromatic nitrogens is 1. The predicted molar refractivity (Wildman–Crippen MR) is 141 cm³/mol. The average molecular weight is 552 g/mol. The number of benzene rings is 2. The lowest BCUT2D eigenvalue weighted by Gasteiger charge is -2.25. The van der Waals surface area contributed by atoms with Crippen LogP contribution in [0.25, 0.3) is 5.57 Å². The summed E-state index contributed by atoms with van der Waals surface area (Å²) in [5, 5.41) is 3.25. The summed E-state index contributed by atoms with van der Waals surface area (Å²) in [5.74, 6) is 0.153. The number of allylic oxidation sites excluding steroid dienone is 1. The highest BCUT2D eigenvalue weighted by molar-refractivity contribution is 7.07. The minimum atomic E-state index is -0.834. The number of hydrogen-bond donors (Lipinski definition) is 1. The second-order valence-electron chi connectivity index (χ2n) is 8.87. The third kappa shape index (κ3) is 3.83. The van der Waals surface area contributed by atoms with Gasteiger partial charge in [0.1, 0.15) is 4.53 Å². The summed E-state index contributed by atoms with van der Waals surface area (Å²) in [7, 11) is 0. The van der Waals surface area contributed by atoms with Crippen LogP contribution in [0, 0.1) is 0 Å². The summed E-state index contributed by atoms with van der Waals surface area (Å²) in [6.45, 7) is 3.97. The molecule has 9 nitrogen and oxygen atoms in total. The number of carbonyl (C=O) groups is 2. The monoisotopic (exact) mass is 551 g/mol. The van der Waals surface area contributed by atoms with Crippen molar-refractivity contribution in [3.8, 4) is 11.5 Å². The molecule has 0 radical (unpaired) electrons. The highest BCUT2D eigenvalue weighted by atomic mass is 35.5. The van der Waals surface area contributed by atoms with Gasteiger partial charge in [0.15, 0.2) is 16.3 Å². The van der Waals surface area contributed by atoms with E-state index in [4.69, 9.17) is 30.8 Å². The van der Waals surface area contributed by atoms with Crippen LogP contribution in [0.4, 0.5) is 5.69 Å². The molecule has 0 fully saturated rings. The Bertz CT molecular complexity index is 1740. The third-order valence-electron chi connectivity index (χ3n) is 6.53. The van der Waals surface area contributed by atoms with Crippen LogP contribution in [0.3, 0.4) is 0 Å². The van der Waals surface area contributed by atoms with Crippen molar-refractivity contribution in [1.82, 2.24) is 4.57 Å². The molecule has 0 saturated heterocycles. The van der Waals surface area contributed by atoms with Gasteiger partial charge in [-0.15, -0.1) is 0 Å². The van der Waals surface area contributed by atoms with Gasteiger partial charge in [-0.3, -0.25) is 14.2 Å². The van der Waals surface area contributed by atoms with Gasteiger partial charge in [0, 0.05) is 16.3 Å². The molecule has 1 atom stereocenters. The molecule has 0 unspecified atom stereocenters. The third-order valence-corrected chi connectivity index (χ3v) is 7.82. The minimum Gasteiger partial charge on any atom is -0.463 e. The van der Waals surface area contributed by atoms with Gasteiger partial charge in [0.2, 0.25) is 6.79 Å². The molecule has 3 aromatic rings. The lowest BCUT2D eigenvalue weighted by atomic mass is 9.94. The lowest BCUT2D eigenvalue weighted by Crippen LogP contribution is -2.40. The van der Waals surface area contributed by atoms with Gasteiger partial charge in [-0.1, -0.05) is 42.3 Å². The van der Waals surface area contributed by atoms with E-state index < -0.39 is 23.5 Å². The van der Waals surface area contributed by atoms with Crippen LogP contribution in [0.5, 0.6) is 11.5 Å². The van der Waals surface area contributed by atoms with E-state index in [9.17, 15) is 14.4 Å². The average Bonchev–Trinajstić information content (AvgIpc) is 3.58. The molecule has 2 aromatic carbocycles. The Kier molecular flexibility index (Phi) is 6.08. The molecule has 3 aliphatic heterocycles. The first-order chi connectivity index (χ1) is 18.4. The molecular weight excluding hydrogens is 530 g/mol. The number of carbonyl (C=O) groups excluding carboxylic acids is 2. The number of anilines is 1. The zero-order chi connectivity index (χ0) is 26.6. The van der Waals surface area contributed by atoms with Crippen LogP contribution in [0.2, 0.25) is 5.02 Å². The van der Waals surface area contributed by atoms with Crippen LogP contribution in [0.15, 0.2) is 57.5 Å². The SMILES string of the molecule is CCCC1=C(C(=O)OCC)[C@@H](c2ccc3c(c2)OCO3)n2c(s/c(=C3\C(=O)Nc4ccc(Cl)cc43)c2=O)=N1. The van der Waals surface area contributed by atoms with E-state index in [0.717, 1.165) is 17.8 Å². The Morgan fingerprint density at radius 2 is 2.00 bits per heavy atom. The fourth-order valence-electron chi connectivity index (χ4n) is 4.93. The number of thiazole rings is 1. The fourth-order valence-corrected chi connectivity index (χ4v) is 6.22. The fraction of sp³-hybridized carbons (Fsp3) is 0.259. The van der Waals surface area contributed by atoms with Crippen LogP contribution in [0.1, 0.15) is 43.9 Å². The van der Waals surface area contributed by atoms with Gasteiger partial charge in [0.25, 0.3) is 11.5 Å². The van der Waals surface area contributed by atoms with E-state index in [1.54, 1.807) is 43.3 Å². The summed E-state index contributed by atoms with van der Waals surface area (Å²) >= 11 is 7.33. The molecule has 11 heteroatoms. The van der Waals surface area contributed by atoms with Crippen LogP contribution in [-0.2, 0) is 14.3 Å². The smallest absolute Gasteiger partial charge is 0.338 e. The van der Waals surface area contributed by atoms with E-state index in [2.05, 4.69) is 5.32 Å². The molecule has 6 rings (SSSR count). The zero-order valence-electron chi connectivity index (χ0n) is 20.5. The van der Waals surface area contributed by atoms with Gasteiger partial charge >= 0.3 is 5.97 Å². The van der Waals surface area contributed by atoms with Crippen molar-refractivity contribution >= 4 is 46.1 Å². The molecule has 1 amide bonds. The van der Waals surface area contributed by atoms with Crippen LogP contribution < -0.4 is 29.7 Å². The first kappa shape index (κ1) is 24.4. The maximum atomic E-state index is 14.1. The summed E-state index contributed by atoms with van der Waals surface area (Å²) in [6, 6.07) is 9.51. The van der Waals surface area contributed by atoms with Crippen molar-refractivity contribution < 1.29 is 23.8 Å². The summed E-state index contributed by atoms with van der Waals surface area (Å²) in [4.78, 5) is 45.6. The molecule has 0 spiro atoms. The largest absolute Gasteiger partial charge is 0.463 e. The Balaban J connectivity index is 1.66. The van der Waals surface area contributed by atoms with E-state index in [1.807, 2.05) is 6.92 Å². The number of esters is 1. The van der Waals surface area contributed by atoms with Gasteiger partial charge in [0.05, 0.1) is 29.5 Å². The number of nitrogens with zero attached hydrogens (tertiary/aromatic N) is 2. The number of ether oxygens (including phenoxy) is 3. The van der Waals surface area contributed by atoms with Crippen molar-refractivity contribution in [3.05, 3.63) is 83.5 Å². The number of fused-ring (bicyclic) bond motifs is 3. The predicted octanol–water partition coefficient (Wildman–Crippen LogP) is 3.28. The molecule has 0 aliphatic carbocycles. The molecule has 0 saturated carbocycles. The standard InChI is InChI=1S/C27H22ClN3O6S/c1-3-5-17-21(26(34)35-4-2)22(13-6-9-18-19(10-13)37-12-36-18)31-25(33)23(38-27(31)30-17)20-15-11-14(28)7-8-16(15)29-24(20)32/h6-11,22H,3-5,12H2,1-2H3,(H,29,32)/b23-20-/t22-/m1/s1. The van der Waals surface area contributed by atoms with Crippen molar-refractivity contribution in [2.75, 3.05) is 18.7 Å². The van der Waals surface area contributed by atoms with Crippen molar-refractivity contribution in [2.24, 2.45) is 4.99 Å². The molecule has 194 valence electrons. The highest BCUT2D eigenvalue weighted by Crippen LogP contribution is 2.39. The number of hydrogen-bond acceptors (Lipinski definition) is 8. The van der Waals surface area contributed by atoms with Gasteiger partial charge in [-0.2, -0.15) is 0 Å². The second-order valence-corrected chi connectivity index (χ2v) is 10.3. The molecule has 38 heavy (non-hydrogen) atoms. The Labute approximate surface area is 225 Å². The lowest BCUT2D eigenvalue weighted by molar-refractivity contribution is -0.139. The Morgan fingerprint density at radius 1 is 1.18 bits per heavy atom. The van der Waals surface area contributed by atoms with Crippen molar-refractivity contribution in [1.29, 1.82) is 0 Å². The minimum absolute atomic E-state index is 0.0869. The summed E-state index contributed by atoms with van der Waals surface area (Å²) < 4.78 is 18.2. The number of halogens is 1. The molecular formula is C27H22ClN3O6S.